The molecule has 0 radical (unpaired) electrons. The predicted molar refractivity (Wildman–Crippen MR) is 77.4 cm³/mol. The Morgan fingerprint density at radius 3 is 2.80 bits per heavy atom. The molecule has 0 aliphatic heterocycles. The molecule has 0 saturated carbocycles. The number of carbonyl (C=O) groups is 2. The average Bonchev–Trinajstić information content (AvgIpc) is 2.37. The SMILES string of the molecule is CC(=O)NC(CCSCc1cccc(F)c1Cl)C(=O)O. The number of benzene rings is 1. The highest BCUT2D eigenvalue weighted by molar-refractivity contribution is 7.98. The van der Waals surface area contributed by atoms with Crippen molar-refractivity contribution in [3.8, 4) is 0 Å². The van der Waals surface area contributed by atoms with Crippen molar-refractivity contribution < 1.29 is 19.1 Å². The van der Waals surface area contributed by atoms with Crippen molar-refractivity contribution in [1.29, 1.82) is 0 Å². The molecular formula is C13H15ClFNO3S. The molecule has 0 aliphatic rings. The van der Waals surface area contributed by atoms with Gasteiger partial charge in [0.15, 0.2) is 0 Å². The average molecular weight is 320 g/mol. The third kappa shape index (κ3) is 5.38. The summed E-state index contributed by atoms with van der Waals surface area (Å²) in [5, 5.41) is 11.4. The molecular weight excluding hydrogens is 305 g/mol. The summed E-state index contributed by atoms with van der Waals surface area (Å²) in [5.41, 5.74) is 0.670. The maximum absolute atomic E-state index is 13.2. The summed E-state index contributed by atoms with van der Waals surface area (Å²) in [6.07, 6.45) is 0.298. The molecule has 0 bridgehead atoms. The van der Waals surface area contributed by atoms with Gasteiger partial charge in [0.2, 0.25) is 5.91 Å². The van der Waals surface area contributed by atoms with Crippen molar-refractivity contribution in [3.63, 3.8) is 0 Å². The second-order valence-electron chi connectivity index (χ2n) is 4.15. The molecule has 0 heterocycles. The minimum Gasteiger partial charge on any atom is -0.480 e. The van der Waals surface area contributed by atoms with Gasteiger partial charge >= 0.3 is 5.97 Å². The summed E-state index contributed by atoms with van der Waals surface area (Å²) >= 11 is 7.25. The Morgan fingerprint density at radius 2 is 2.20 bits per heavy atom. The number of hydrogen-bond donors (Lipinski definition) is 2. The topological polar surface area (TPSA) is 66.4 Å². The second kappa shape index (κ2) is 8.11. The largest absolute Gasteiger partial charge is 0.480 e. The van der Waals surface area contributed by atoms with Crippen molar-refractivity contribution >= 4 is 35.2 Å². The van der Waals surface area contributed by atoms with Crippen LogP contribution in [0.5, 0.6) is 0 Å². The summed E-state index contributed by atoms with van der Waals surface area (Å²) < 4.78 is 13.2. The van der Waals surface area contributed by atoms with Crippen LogP contribution in [0.4, 0.5) is 4.39 Å². The lowest BCUT2D eigenvalue weighted by atomic mass is 10.2. The fraction of sp³-hybridized carbons (Fsp3) is 0.385. The molecule has 1 rings (SSSR count). The van der Waals surface area contributed by atoms with Crippen LogP contribution in [0.2, 0.25) is 5.02 Å². The van der Waals surface area contributed by atoms with Gasteiger partial charge in [-0.3, -0.25) is 4.79 Å². The first-order valence-electron chi connectivity index (χ1n) is 5.92. The highest BCUT2D eigenvalue weighted by Gasteiger charge is 2.17. The second-order valence-corrected chi connectivity index (χ2v) is 5.63. The van der Waals surface area contributed by atoms with Crippen molar-refractivity contribution in [2.45, 2.75) is 25.1 Å². The van der Waals surface area contributed by atoms with Crippen molar-refractivity contribution in [1.82, 2.24) is 5.32 Å². The zero-order valence-corrected chi connectivity index (χ0v) is 12.4. The van der Waals surface area contributed by atoms with Gasteiger partial charge in [0, 0.05) is 12.7 Å². The van der Waals surface area contributed by atoms with Gasteiger partial charge in [-0.25, -0.2) is 9.18 Å². The molecule has 0 spiro atoms. The third-order valence-electron chi connectivity index (χ3n) is 2.52. The number of rotatable bonds is 7. The first-order chi connectivity index (χ1) is 9.41. The fourth-order valence-corrected chi connectivity index (χ4v) is 2.83. The molecule has 1 unspecified atom stereocenters. The molecule has 0 fully saturated rings. The Balaban J connectivity index is 2.42. The van der Waals surface area contributed by atoms with Gasteiger partial charge in [-0.05, 0) is 23.8 Å². The minimum absolute atomic E-state index is 0.0941. The van der Waals surface area contributed by atoms with Crippen LogP contribution >= 0.6 is 23.4 Å². The molecule has 0 aromatic heterocycles. The Morgan fingerprint density at radius 1 is 1.50 bits per heavy atom. The Hall–Kier alpha value is -1.27. The molecule has 1 amide bonds. The zero-order chi connectivity index (χ0) is 15.1. The quantitative estimate of drug-likeness (QED) is 0.758. The first-order valence-corrected chi connectivity index (χ1v) is 7.45. The Kier molecular flexibility index (Phi) is 6.81. The highest BCUT2D eigenvalue weighted by Crippen LogP contribution is 2.24. The van der Waals surface area contributed by atoms with E-state index in [9.17, 15) is 14.0 Å². The summed E-state index contributed by atoms with van der Waals surface area (Å²) in [6.45, 7) is 1.27. The zero-order valence-electron chi connectivity index (χ0n) is 10.9. The maximum atomic E-state index is 13.2. The predicted octanol–water partition coefficient (Wildman–Crippen LogP) is 2.69. The molecule has 2 N–H and O–H groups in total. The van der Waals surface area contributed by atoms with E-state index in [2.05, 4.69) is 5.32 Å². The minimum atomic E-state index is -1.07. The van der Waals surface area contributed by atoms with Crippen LogP contribution < -0.4 is 5.32 Å². The highest BCUT2D eigenvalue weighted by atomic mass is 35.5. The molecule has 7 heteroatoms. The normalized spacial score (nSPS) is 11.9. The number of carboxylic acid groups (broad SMARTS) is 1. The molecule has 1 aromatic carbocycles. The molecule has 4 nitrogen and oxygen atoms in total. The molecule has 0 aliphatic carbocycles. The maximum Gasteiger partial charge on any atom is 0.326 e. The summed E-state index contributed by atoms with van der Waals surface area (Å²) in [6, 6.07) is 3.69. The summed E-state index contributed by atoms with van der Waals surface area (Å²) in [7, 11) is 0. The van der Waals surface area contributed by atoms with Crippen LogP contribution in [0.15, 0.2) is 18.2 Å². The number of amides is 1. The van der Waals surface area contributed by atoms with Crippen molar-refractivity contribution in [2.75, 3.05) is 5.75 Å². The van der Waals surface area contributed by atoms with Gasteiger partial charge in [-0.2, -0.15) is 11.8 Å². The van der Waals surface area contributed by atoms with E-state index in [1.54, 1.807) is 12.1 Å². The van der Waals surface area contributed by atoms with Crippen molar-refractivity contribution in [3.05, 3.63) is 34.6 Å². The van der Waals surface area contributed by atoms with E-state index in [0.717, 1.165) is 0 Å². The summed E-state index contributed by atoms with van der Waals surface area (Å²) in [5.74, 6) is -0.904. The lowest BCUT2D eigenvalue weighted by molar-refractivity contribution is -0.141. The van der Waals surface area contributed by atoms with Gasteiger partial charge < -0.3 is 10.4 Å². The number of thioether (sulfide) groups is 1. The van der Waals surface area contributed by atoms with Crippen LogP contribution in [-0.2, 0) is 15.3 Å². The Bertz CT molecular complexity index is 499. The fourth-order valence-electron chi connectivity index (χ4n) is 1.55. The first kappa shape index (κ1) is 16.8. The van der Waals surface area contributed by atoms with Gasteiger partial charge in [0.1, 0.15) is 11.9 Å². The molecule has 20 heavy (non-hydrogen) atoms. The van der Waals surface area contributed by atoms with Crippen LogP contribution in [0, 0.1) is 5.82 Å². The van der Waals surface area contributed by atoms with E-state index in [1.165, 1.54) is 24.8 Å². The molecule has 1 atom stereocenters. The van der Waals surface area contributed by atoms with E-state index < -0.39 is 17.8 Å². The number of halogens is 2. The van der Waals surface area contributed by atoms with Crippen LogP contribution in [0.25, 0.3) is 0 Å². The van der Waals surface area contributed by atoms with E-state index in [-0.39, 0.29) is 10.9 Å². The number of hydrogen-bond acceptors (Lipinski definition) is 3. The van der Waals surface area contributed by atoms with Gasteiger partial charge in [0.25, 0.3) is 0 Å². The number of nitrogens with one attached hydrogen (secondary N) is 1. The lowest BCUT2D eigenvalue weighted by Crippen LogP contribution is -2.39. The molecule has 0 saturated heterocycles. The standard InChI is InChI=1S/C13H15ClFNO3S/c1-8(17)16-11(13(18)19)5-6-20-7-9-3-2-4-10(15)12(9)14/h2-4,11H,5-7H2,1H3,(H,16,17)(H,18,19). The van der Waals surface area contributed by atoms with E-state index in [1.807, 2.05) is 0 Å². The number of carbonyl (C=O) groups excluding carboxylic acids is 1. The molecule has 1 aromatic rings. The van der Waals surface area contributed by atoms with Crippen LogP contribution in [0.3, 0.4) is 0 Å². The van der Waals surface area contributed by atoms with E-state index >= 15 is 0 Å². The number of carboxylic acids is 1. The van der Waals surface area contributed by atoms with E-state index in [4.69, 9.17) is 16.7 Å². The van der Waals surface area contributed by atoms with Crippen LogP contribution in [-0.4, -0.2) is 28.8 Å². The van der Waals surface area contributed by atoms with E-state index in [0.29, 0.717) is 23.5 Å². The molecule has 110 valence electrons. The summed E-state index contributed by atoms with van der Waals surface area (Å²) in [4.78, 5) is 21.8. The van der Waals surface area contributed by atoms with Gasteiger partial charge in [-0.1, -0.05) is 23.7 Å². The van der Waals surface area contributed by atoms with Crippen molar-refractivity contribution in [2.24, 2.45) is 0 Å². The van der Waals surface area contributed by atoms with Gasteiger partial charge in [0.05, 0.1) is 5.02 Å². The Labute approximate surface area is 125 Å². The number of aliphatic carboxylic acids is 1. The van der Waals surface area contributed by atoms with Gasteiger partial charge in [-0.15, -0.1) is 0 Å². The van der Waals surface area contributed by atoms with Crippen LogP contribution in [0.1, 0.15) is 18.9 Å². The third-order valence-corrected chi connectivity index (χ3v) is 3.98. The monoisotopic (exact) mass is 319 g/mol. The smallest absolute Gasteiger partial charge is 0.326 e. The lowest BCUT2D eigenvalue weighted by Gasteiger charge is -2.12.